The second-order valence-corrected chi connectivity index (χ2v) is 9.40. The van der Waals surface area contributed by atoms with Crippen molar-refractivity contribution >= 4 is 15.7 Å². The van der Waals surface area contributed by atoms with E-state index in [1.54, 1.807) is 13.2 Å². The fourth-order valence-electron chi connectivity index (χ4n) is 3.92. The van der Waals surface area contributed by atoms with Crippen molar-refractivity contribution in [2.45, 2.75) is 26.3 Å². The maximum atomic E-state index is 12.3. The Morgan fingerprint density at radius 1 is 1.14 bits per heavy atom. The smallest absolute Gasteiger partial charge is 0.249 e. The summed E-state index contributed by atoms with van der Waals surface area (Å²) in [6.07, 6.45) is 4.77. The SMILES string of the molecule is COc1cc(N2CCCS2(=O)=O)ccc1-n1cc(C)[n+](C(C)c2ccccc2)c1. The Labute approximate surface area is 172 Å². The Bertz CT molecular complexity index is 1120. The molecule has 0 amide bonds. The summed E-state index contributed by atoms with van der Waals surface area (Å²) in [5.41, 5.74) is 3.88. The molecule has 0 N–H and O–H groups in total. The normalized spacial score (nSPS) is 16.7. The number of methoxy groups -OCH3 is 1. The maximum absolute atomic E-state index is 12.3. The van der Waals surface area contributed by atoms with E-state index in [1.807, 2.05) is 34.9 Å². The summed E-state index contributed by atoms with van der Waals surface area (Å²) in [6.45, 7) is 4.76. The van der Waals surface area contributed by atoms with Crippen LogP contribution < -0.4 is 13.6 Å². The maximum Gasteiger partial charge on any atom is 0.249 e. The largest absolute Gasteiger partial charge is 0.492 e. The van der Waals surface area contributed by atoms with Gasteiger partial charge in [0.05, 0.1) is 18.6 Å². The van der Waals surface area contributed by atoms with Gasteiger partial charge in [-0.25, -0.2) is 13.0 Å². The molecular formula is C22H26N3O3S+. The highest BCUT2D eigenvalue weighted by Crippen LogP contribution is 2.32. The summed E-state index contributed by atoms with van der Waals surface area (Å²) in [6, 6.07) is 16.1. The number of benzene rings is 2. The minimum absolute atomic E-state index is 0.192. The third-order valence-corrected chi connectivity index (χ3v) is 7.38. The van der Waals surface area contributed by atoms with E-state index in [2.05, 4.69) is 43.1 Å². The highest BCUT2D eigenvalue weighted by molar-refractivity contribution is 7.93. The van der Waals surface area contributed by atoms with E-state index in [0.717, 1.165) is 11.4 Å². The topological polar surface area (TPSA) is 55.4 Å². The fraction of sp³-hybridized carbons (Fsp3) is 0.318. The molecule has 4 rings (SSSR count). The third-order valence-electron chi connectivity index (χ3n) is 5.51. The Kier molecular flexibility index (Phi) is 5.08. The van der Waals surface area contributed by atoms with Gasteiger partial charge in [-0.3, -0.25) is 4.31 Å². The van der Waals surface area contributed by atoms with Crippen LogP contribution in [0, 0.1) is 6.92 Å². The van der Waals surface area contributed by atoms with Crippen molar-refractivity contribution in [3.63, 3.8) is 0 Å². The van der Waals surface area contributed by atoms with Gasteiger partial charge in [0, 0.05) is 19.5 Å². The first-order chi connectivity index (χ1) is 13.9. The molecule has 29 heavy (non-hydrogen) atoms. The molecule has 0 aliphatic carbocycles. The van der Waals surface area contributed by atoms with Gasteiger partial charge in [-0.1, -0.05) is 30.3 Å². The molecule has 0 radical (unpaired) electrons. The monoisotopic (exact) mass is 412 g/mol. The number of ether oxygens (including phenoxy) is 1. The number of nitrogens with zero attached hydrogens (tertiary/aromatic N) is 3. The zero-order valence-electron chi connectivity index (χ0n) is 16.9. The van der Waals surface area contributed by atoms with Crippen molar-refractivity contribution in [3.05, 3.63) is 72.3 Å². The van der Waals surface area contributed by atoms with Crippen LogP contribution in [0.1, 0.15) is 30.6 Å². The fourth-order valence-corrected chi connectivity index (χ4v) is 5.48. The number of imidazole rings is 1. The molecule has 1 aliphatic heterocycles. The highest BCUT2D eigenvalue weighted by Gasteiger charge is 2.29. The van der Waals surface area contributed by atoms with Gasteiger partial charge in [-0.05, 0) is 31.0 Å². The van der Waals surface area contributed by atoms with Gasteiger partial charge in [0.2, 0.25) is 16.4 Å². The van der Waals surface area contributed by atoms with Gasteiger partial charge in [0.15, 0.2) is 11.4 Å². The van der Waals surface area contributed by atoms with Crippen LogP contribution in [0.4, 0.5) is 5.69 Å². The van der Waals surface area contributed by atoms with Crippen LogP contribution in [0.15, 0.2) is 61.1 Å². The Hall–Kier alpha value is -2.80. The second kappa shape index (κ2) is 7.55. The van der Waals surface area contributed by atoms with Crippen molar-refractivity contribution in [1.82, 2.24) is 4.57 Å². The molecule has 1 aromatic heterocycles. The van der Waals surface area contributed by atoms with E-state index in [-0.39, 0.29) is 11.8 Å². The summed E-state index contributed by atoms with van der Waals surface area (Å²) in [7, 11) is -1.61. The quantitative estimate of drug-likeness (QED) is 0.605. The molecule has 0 spiro atoms. The second-order valence-electron chi connectivity index (χ2n) is 7.38. The first kappa shape index (κ1) is 19.5. The van der Waals surface area contributed by atoms with E-state index in [0.29, 0.717) is 24.4 Å². The van der Waals surface area contributed by atoms with Crippen LogP contribution in [0.3, 0.4) is 0 Å². The summed E-state index contributed by atoms with van der Waals surface area (Å²) in [4.78, 5) is 0. The number of sulfonamides is 1. The summed E-state index contributed by atoms with van der Waals surface area (Å²) in [5.74, 6) is 0.838. The molecule has 6 nitrogen and oxygen atoms in total. The van der Waals surface area contributed by atoms with Crippen molar-refractivity contribution < 1.29 is 17.7 Å². The van der Waals surface area contributed by atoms with Gasteiger partial charge >= 0.3 is 0 Å². The van der Waals surface area contributed by atoms with E-state index >= 15 is 0 Å². The van der Waals surface area contributed by atoms with Crippen LogP contribution in [0.5, 0.6) is 5.75 Å². The third kappa shape index (κ3) is 3.62. The first-order valence-corrected chi connectivity index (χ1v) is 11.3. The molecular weight excluding hydrogens is 386 g/mol. The van der Waals surface area contributed by atoms with Gasteiger partial charge in [-0.2, -0.15) is 4.57 Å². The van der Waals surface area contributed by atoms with E-state index < -0.39 is 10.0 Å². The summed E-state index contributed by atoms with van der Waals surface area (Å²) >= 11 is 0. The molecule has 2 aromatic carbocycles. The average Bonchev–Trinajstić information content (AvgIpc) is 3.29. The molecule has 1 unspecified atom stereocenters. The first-order valence-electron chi connectivity index (χ1n) is 9.74. The molecule has 0 bridgehead atoms. The number of aryl methyl sites for hydroxylation is 1. The van der Waals surface area contributed by atoms with Crippen molar-refractivity contribution in [3.8, 4) is 11.4 Å². The van der Waals surface area contributed by atoms with E-state index in [9.17, 15) is 8.42 Å². The number of aromatic nitrogens is 2. The van der Waals surface area contributed by atoms with Crippen molar-refractivity contribution in [2.75, 3.05) is 23.7 Å². The lowest BCUT2D eigenvalue weighted by Gasteiger charge is -2.18. The van der Waals surface area contributed by atoms with Gasteiger partial charge < -0.3 is 4.74 Å². The molecule has 7 heteroatoms. The highest BCUT2D eigenvalue weighted by atomic mass is 32.2. The predicted molar refractivity (Wildman–Crippen MR) is 113 cm³/mol. The summed E-state index contributed by atoms with van der Waals surface area (Å²) in [5, 5.41) is 0. The minimum Gasteiger partial charge on any atom is -0.492 e. The molecule has 2 heterocycles. The summed E-state index contributed by atoms with van der Waals surface area (Å²) < 4.78 is 35.8. The molecule has 1 aliphatic rings. The lowest BCUT2D eigenvalue weighted by Crippen LogP contribution is -2.39. The molecule has 0 saturated carbocycles. The number of hydrogen-bond acceptors (Lipinski definition) is 3. The van der Waals surface area contributed by atoms with E-state index in [4.69, 9.17) is 4.74 Å². The van der Waals surface area contributed by atoms with Crippen molar-refractivity contribution in [1.29, 1.82) is 0 Å². The molecule has 152 valence electrons. The minimum atomic E-state index is -3.22. The molecule has 1 saturated heterocycles. The lowest BCUT2D eigenvalue weighted by molar-refractivity contribution is -0.715. The predicted octanol–water partition coefficient (Wildman–Crippen LogP) is 3.23. The standard InChI is InChI=1S/C22H26N3O3S/c1-17-15-23(16-24(17)18(2)19-8-5-4-6-9-19)21-11-10-20(14-22(21)28-3)25-12-7-13-29(25,26)27/h4-6,8-11,14-16,18H,7,12-13H2,1-3H3/q+1. The molecule has 1 fully saturated rings. The number of rotatable bonds is 5. The average molecular weight is 413 g/mol. The van der Waals surface area contributed by atoms with Crippen LogP contribution >= 0.6 is 0 Å². The van der Waals surface area contributed by atoms with Crippen LogP contribution in [-0.4, -0.2) is 32.4 Å². The lowest BCUT2D eigenvalue weighted by atomic mass is 10.1. The van der Waals surface area contributed by atoms with Gasteiger partial charge in [0.1, 0.15) is 17.9 Å². The van der Waals surface area contributed by atoms with Crippen molar-refractivity contribution in [2.24, 2.45) is 0 Å². The Morgan fingerprint density at radius 3 is 2.55 bits per heavy atom. The van der Waals surface area contributed by atoms with Crippen LogP contribution in [-0.2, 0) is 10.0 Å². The van der Waals surface area contributed by atoms with Crippen LogP contribution in [0.25, 0.3) is 5.69 Å². The Balaban J connectivity index is 1.70. The molecule has 3 aromatic rings. The van der Waals surface area contributed by atoms with Gasteiger partial charge in [-0.15, -0.1) is 0 Å². The Morgan fingerprint density at radius 2 is 1.90 bits per heavy atom. The number of hydrogen-bond donors (Lipinski definition) is 0. The molecule has 1 atom stereocenters. The zero-order chi connectivity index (χ0) is 20.6. The zero-order valence-corrected chi connectivity index (χ0v) is 17.8. The number of anilines is 1. The van der Waals surface area contributed by atoms with Crippen LogP contribution in [0.2, 0.25) is 0 Å². The van der Waals surface area contributed by atoms with Gasteiger partial charge in [0.25, 0.3) is 0 Å². The van der Waals surface area contributed by atoms with E-state index in [1.165, 1.54) is 9.87 Å².